The maximum Gasteiger partial charge on any atom is 0.409 e. The Kier molecular flexibility index (Phi) is 7.42. The zero-order valence-electron chi connectivity index (χ0n) is 16.9. The Balaban J connectivity index is 1.48. The molecule has 1 fully saturated rings. The van der Waals surface area contributed by atoms with E-state index in [4.69, 9.17) is 15.2 Å². The van der Waals surface area contributed by atoms with E-state index in [-0.39, 0.29) is 18.0 Å². The van der Waals surface area contributed by atoms with Gasteiger partial charge in [0.2, 0.25) is 5.88 Å². The van der Waals surface area contributed by atoms with E-state index in [1.54, 1.807) is 24.1 Å². The number of nitrogens with one attached hydrogen (secondary N) is 1. The van der Waals surface area contributed by atoms with Crippen molar-refractivity contribution >= 4 is 12.1 Å². The van der Waals surface area contributed by atoms with Gasteiger partial charge in [0.15, 0.2) is 5.96 Å². The van der Waals surface area contributed by atoms with Crippen LogP contribution in [0.5, 0.6) is 11.6 Å². The molecular weight excluding hydrogens is 389 g/mol. The number of carbonyl (C=O) groups is 1. The lowest BCUT2D eigenvalue weighted by Gasteiger charge is -2.31. The molecule has 1 aromatic carbocycles. The lowest BCUT2D eigenvalue weighted by atomic mass is 10.1. The molecule has 2 aromatic rings. The van der Waals surface area contributed by atoms with Crippen LogP contribution in [-0.2, 0) is 11.3 Å². The van der Waals surface area contributed by atoms with Crippen molar-refractivity contribution < 1.29 is 18.7 Å². The van der Waals surface area contributed by atoms with Crippen LogP contribution in [0.1, 0.15) is 25.3 Å². The first-order valence-electron chi connectivity index (χ1n) is 9.90. The molecule has 1 aliphatic rings. The molecule has 3 rings (SSSR count). The SMILES string of the molecule is CCOC(=O)N1CCC(NC(N)=NCc2ccnc(Oc3ccc(F)cc3)c2)CC1. The molecule has 1 aliphatic heterocycles. The summed E-state index contributed by atoms with van der Waals surface area (Å²) in [5.41, 5.74) is 6.90. The summed E-state index contributed by atoms with van der Waals surface area (Å²) in [5.74, 6) is 0.919. The van der Waals surface area contributed by atoms with Crippen molar-refractivity contribution in [2.45, 2.75) is 32.4 Å². The van der Waals surface area contributed by atoms with Gasteiger partial charge in [-0.15, -0.1) is 0 Å². The first-order chi connectivity index (χ1) is 14.5. The van der Waals surface area contributed by atoms with E-state index in [1.165, 1.54) is 24.3 Å². The van der Waals surface area contributed by atoms with Gasteiger partial charge in [0, 0.05) is 31.4 Å². The van der Waals surface area contributed by atoms with E-state index < -0.39 is 0 Å². The highest BCUT2D eigenvalue weighted by Crippen LogP contribution is 2.20. The Morgan fingerprint density at radius 2 is 2.03 bits per heavy atom. The molecule has 1 aromatic heterocycles. The molecule has 0 spiro atoms. The van der Waals surface area contributed by atoms with Crippen molar-refractivity contribution in [3.8, 4) is 11.6 Å². The van der Waals surface area contributed by atoms with Crippen LogP contribution in [0.3, 0.4) is 0 Å². The molecule has 1 saturated heterocycles. The summed E-state index contributed by atoms with van der Waals surface area (Å²) in [5, 5.41) is 3.21. The number of hydrogen-bond acceptors (Lipinski definition) is 5. The summed E-state index contributed by atoms with van der Waals surface area (Å²) in [4.78, 5) is 22.0. The predicted molar refractivity (Wildman–Crippen MR) is 111 cm³/mol. The molecular formula is C21H26FN5O3. The van der Waals surface area contributed by atoms with Crippen LogP contribution < -0.4 is 15.8 Å². The Labute approximate surface area is 174 Å². The van der Waals surface area contributed by atoms with E-state index in [2.05, 4.69) is 15.3 Å². The minimum absolute atomic E-state index is 0.161. The topological polar surface area (TPSA) is 102 Å². The quantitative estimate of drug-likeness (QED) is 0.555. The molecule has 30 heavy (non-hydrogen) atoms. The Bertz CT molecular complexity index is 867. The molecule has 9 heteroatoms. The Morgan fingerprint density at radius 3 is 2.73 bits per heavy atom. The minimum atomic E-state index is -0.326. The van der Waals surface area contributed by atoms with Gasteiger partial charge in [-0.1, -0.05) is 0 Å². The van der Waals surface area contributed by atoms with Crippen molar-refractivity contribution in [3.05, 3.63) is 54.0 Å². The number of piperidine rings is 1. The molecule has 0 atom stereocenters. The number of guanidine groups is 1. The number of benzene rings is 1. The highest BCUT2D eigenvalue weighted by Gasteiger charge is 2.23. The van der Waals surface area contributed by atoms with Crippen molar-refractivity contribution in [2.24, 2.45) is 10.7 Å². The first-order valence-corrected chi connectivity index (χ1v) is 9.90. The van der Waals surface area contributed by atoms with Crippen LogP contribution in [0.25, 0.3) is 0 Å². The van der Waals surface area contributed by atoms with Gasteiger partial charge in [-0.2, -0.15) is 0 Å². The molecule has 3 N–H and O–H groups in total. The Hall–Kier alpha value is -3.36. The normalized spacial score (nSPS) is 15.0. The zero-order valence-corrected chi connectivity index (χ0v) is 16.9. The van der Waals surface area contributed by atoms with Gasteiger partial charge in [-0.05, 0) is 55.7 Å². The van der Waals surface area contributed by atoms with Gasteiger partial charge < -0.3 is 25.4 Å². The van der Waals surface area contributed by atoms with Crippen LogP contribution in [-0.4, -0.2) is 47.7 Å². The first kappa shape index (κ1) is 21.4. The molecule has 0 aliphatic carbocycles. The fraction of sp³-hybridized carbons (Fsp3) is 0.381. The third-order valence-electron chi connectivity index (χ3n) is 4.64. The van der Waals surface area contributed by atoms with E-state index in [9.17, 15) is 9.18 Å². The second kappa shape index (κ2) is 10.4. The van der Waals surface area contributed by atoms with Gasteiger partial charge in [0.25, 0.3) is 0 Å². The van der Waals surface area contributed by atoms with E-state index in [0.29, 0.717) is 43.8 Å². The molecule has 0 bridgehead atoms. The molecule has 0 radical (unpaired) electrons. The van der Waals surface area contributed by atoms with Crippen LogP contribution in [0.4, 0.5) is 9.18 Å². The predicted octanol–water partition coefficient (Wildman–Crippen LogP) is 3.04. The smallest absolute Gasteiger partial charge is 0.409 e. The lowest BCUT2D eigenvalue weighted by Crippen LogP contribution is -2.48. The van der Waals surface area contributed by atoms with Crippen LogP contribution in [0.2, 0.25) is 0 Å². The highest BCUT2D eigenvalue weighted by atomic mass is 19.1. The van der Waals surface area contributed by atoms with Gasteiger partial charge in [0.1, 0.15) is 11.6 Å². The molecule has 160 valence electrons. The van der Waals surface area contributed by atoms with E-state index in [0.717, 1.165) is 18.4 Å². The lowest BCUT2D eigenvalue weighted by molar-refractivity contribution is 0.0963. The van der Waals surface area contributed by atoms with E-state index in [1.807, 2.05) is 6.07 Å². The summed E-state index contributed by atoms with van der Waals surface area (Å²) in [6.45, 7) is 3.78. The number of halogens is 1. The number of nitrogens with zero attached hydrogens (tertiary/aromatic N) is 3. The molecule has 8 nitrogen and oxygen atoms in total. The number of aromatic nitrogens is 1. The number of hydrogen-bond donors (Lipinski definition) is 2. The largest absolute Gasteiger partial charge is 0.450 e. The summed E-state index contributed by atoms with van der Waals surface area (Å²) >= 11 is 0. The summed E-state index contributed by atoms with van der Waals surface area (Å²) in [6, 6.07) is 9.48. The number of nitrogens with two attached hydrogens (primary N) is 1. The number of carbonyl (C=O) groups excluding carboxylic acids is 1. The number of pyridine rings is 1. The van der Waals surface area contributed by atoms with Gasteiger partial charge >= 0.3 is 6.09 Å². The fourth-order valence-electron chi connectivity index (χ4n) is 3.08. The maximum atomic E-state index is 13.0. The van der Waals surface area contributed by atoms with Crippen LogP contribution >= 0.6 is 0 Å². The summed E-state index contributed by atoms with van der Waals surface area (Å²) in [7, 11) is 0. The van der Waals surface area contributed by atoms with Crippen LogP contribution in [0.15, 0.2) is 47.6 Å². The van der Waals surface area contributed by atoms with E-state index >= 15 is 0 Å². The number of likely N-dealkylation sites (tertiary alicyclic amines) is 1. The summed E-state index contributed by atoms with van der Waals surface area (Å²) in [6.07, 6.45) is 2.91. The van der Waals surface area contributed by atoms with Gasteiger partial charge in [-0.3, -0.25) is 0 Å². The van der Waals surface area contributed by atoms with Crippen molar-refractivity contribution in [1.82, 2.24) is 15.2 Å². The van der Waals surface area contributed by atoms with Gasteiger partial charge in [-0.25, -0.2) is 19.2 Å². The average molecular weight is 415 g/mol. The van der Waals surface area contributed by atoms with Crippen molar-refractivity contribution in [3.63, 3.8) is 0 Å². The standard InChI is InChI=1S/C21H26FN5O3/c1-2-29-21(28)27-11-8-17(9-12-27)26-20(23)25-14-15-7-10-24-19(13-15)30-18-5-3-16(22)4-6-18/h3-7,10,13,17H,2,8-9,11-12,14H2,1H3,(H3,23,25,26). The third kappa shape index (κ3) is 6.33. The maximum absolute atomic E-state index is 13.0. The third-order valence-corrected chi connectivity index (χ3v) is 4.64. The number of aliphatic imine (C=N–C) groups is 1. The van der Waals surface area contributed by atoms with Gasteiger partial charge in [0.05, 0.1) is 13.2 Å². The van der Waals surface area contributed by atoms with Crippen molar-refractivity contribution in [1.29, 1.82) is 0 Å². The highest BCUT2D eigenvalue weighted by molar-refractivity contribution is 5.78. The second-order valence-electron chi connectivity index (χ2n) is 6.86. The average Bonchev–Trinajstić information content (AvgIpc) is 2.75. The second-order valence-corrected chi connectivity index (χ2v) is 6.86. The minimum Gasteiger partial charge on any atom is -0.450 e. The monoisotopic (exact) mass is 415 g/mol. The zero-order chi connectivity index (χ0) is 21.3. The number of ether oxygens (including phenoxy) is 2. The Morgan fingerprint density at radius 1 is 1.30 bits per heavy atom. The summed E-state index contributed by atoms with van der Waals surface area (Å²) < 4.78 is 23.7. The molecule has 0 saturated carbocycles. The molecule has 2 heterocycles. The molecule has 1 amide bonds. The molecule has 0 unspecified atom stereocenters. The fourth-order valence-corrected chi connectivity index (χ4v) is 3.08. The van der Waals surface area contributed by atoms with Crippen LogP contribution in [0, 0.1) is 5.82 Å². The number of amides is 1. The number of rotatable bonds is 6. The van der Waals surface area contributed by atoms with Crippen molar-refractivity contribution in [2.75, 3.05) is 19.7 Å².